The molecule has 4 rings (SSSR count). The van der Waals surface area contributed by atoms with Crippen molar-refractivity contribution in [3.05, 3.63) is 67.1 Å². The molecule has 0 radical (unpaired) electrons. The van der Waals surface area contributed by atoms with E-state index in [1.165, 1.54) is 4.90 Å². The Morgan fingerprint density at radius 3 is 2.50 bits per heavy atom. The summed E-state index contributed by atoms with van der Waals surface area (Å²) in [6, 6.07) is 16.2. The van der Waals surface area contributed by atoms with Gasteiger partial charge in [-0.2, -0.15) is 0 Å². The third kappa shape index (κ3) is 3.11. The lowest BCUT2D eigenvalue weighted by Gasteiger charge is -2.10. The maximum atomic E-state index is 5.23. The van der Waals surface area contributed by atoms with E-state index in [-0.39, 0.29) is 0 Å². The molecule has 130 valence electrons. The molecule has 0 aliphatic heterocycles. The number of thioether (sulfide) groups is 1. The van der Waals surface area contributed by atoms with Gasteiger partial charge in [-0.15, -0.1) is 11.8 Å². The lowest BCUT2D eigenvalue weighted by Crippen LogP contribution is -1.97. The van der Waals surface area contributed by atoms with Crippen LogP contribution in [-0.4, -0.2) is 27.7 Å². The number of ether oxygens (including phenoxy) is 1. The van der Waals surface area contributed by atoms with Crippen molar-refractivity contribution in [3.8, 4) is 17.0 Å². The van der Waals surface area contributed by atoms with Gasteiger partial charge in [0.25, 0.3) is 0 Å². The number of benzene rings is 2. The number of methoxy groups -OCH3 is 1. The van der Waals surface area contributed by atoms with Gasteiger partial charge in [-0.3, -0.25) is 9.38 Å². The number of fused-ring (bicyclic) bond motifs is 1. The maximum absolute atomic E-state index is 5.23. The molecule has 2 aromatic heterocycles. The lowest BCUT2D eigenvalue weighted by atomic mass is 10.1. The second-order valence-electron chi connectivity index (χ2n) is 5.70. The molecule has 0 spiro atoms. The molecule has 2 aromatic carbocycles. The summed E-state index contributed by atoms with van der Waals surface area (Å²) in [7, 11) is 1.66. The van der Waals surface area contributed by atoms with Crippen LogP contribution in [0.3, 0.4) is 0 Å². The van der Waals surface area contributed by atoms with Gasteiger partial charge in [0.15, 0.2) is 5.65 Å². The molecule has 1 N–H and O–H groups in total. The Kier molecular flexibility index (Phi) is 4.50. The molecular weight excluding hydrogens is 344 g/mol. The summed E-state index contributed by atoms with van der Waals surface area (Å²) >= 11 is 1.72. The highest BCUT2D eigenvalue weighted by atomic mass is 32.2. The summed E-state index contributed by atoms with van der Waals surface area (Å²) in [6.07, 6.45) is 7.50. The minimum atomic E-state index is 0.799. The Balaban J connectivity index is 1.80. The molecular formula is C20H18N4OS. The summed E-state index contributed by atoms with van der Waals surface area (Å²) in [4.78, 5) is 10.2. The first kappa shape index (κ1) is 16.5. The minimum Gasteiger partial charge on any atom is -0.497 e. The third-order valence-corrected chi connectivity index (χ3v) is 4.89. The second kappa shape index (κ2) is 7.09. The Labute approximate surface area is 156 Å². The fourth-order valence-corrected chi connectivity index (χ4v) is 3.20. The van der Waals surface area contributed by atoms with Gasteiger partial charge >= 0.3 is 0 Å². The molecule has 0 unspecified atom stereocenters. The quantitative estimate of drug-likeness (QED) is 0.513. The minimum absolute atomic E-state index is 0.799. The van der Waals surface area contributed by atoms with Gasteiger partial charge in [-0.1, -0.05) is 12.1 Å². The normalized spacial score (nSPS) is 10.8. The molecule has 0 saturated heterocycles. The SMILES string of the molecule is COc1ccc(Nc2c(-c3ccc(SC)cc3)nc3cnccn23)cc1. The van der Waals surface area contributed by atoms with E-state index in [1.54, 1.807) is 31.3 Å². The fraction of sp³-hybridized carbons (Fsp3) is 0.100. The molecule has 0 aliphatic rings. The van der Waals surface area contributed by atoms with Crippen LogP contribution in [0.1, 0.15) is 0 Å². The number of rotatable bonds is 5. The molecule has 26 heavy (non-hydrogen) atoms. The van der Waals surface area contributed by atoms with Crippen LogP contribution >= 0.6 is 11.8 Å². The summed E-state index contributed by atoms with van der Waals surface area (Å²) < 4.78 is 7.24. The van der Waals surface area contributed by atoms with E-state index in [2.05, 4.69) is 40.8 Å². The van der Waals surface area contributed by atoms with Crippen LogP contribution in [0.5, 0.6) is 5.75 Å². The lowest BCUT2D eigenvalue weighted by molar-refractivity contribution is 0.415. The fourth-order valence-electron chi connectivity index (χ4n) is 2.79. The molecule has 4 aromatic rings. The first-order valence-electron chi connectivity index (χ1n) is 8.16. The van der Waals surface area contributed by atoms with E-state index in [4.69, 9.17) is 9.72 Å². The zero-order valence-corrected chi connectivity index (χ0v) is 15.3. The zero-order chi connectivity index (χ0) is 17.9. The van der Waals surface area contributed by atoms with Crippen molar-refractivity contribution >= 4 is 28.9 Å². The van der Waals surface area contributed by atoms with Crippen molar-refractivity contribution in [2.75, 3.05) is 18.7 Å². The van der Waals surface area contributed by atoms with Crippen LogP contribution < -0.4 is 10.1 Å². The standard InChI is InChI=1S/C20H18N4OS/c1-25-16-7-5-15(6-8-16)22-20-19(14-3-9-17(26-2)10-4-14)23-18-13-21-11-12-24(18)20/h3-13,22H,1-2H3. The highest BCUT2D eigenvalue weighted by Gasteiger charge is 2.14. The van der Waals surface area contributed by atoms with Crippen molar-refractivity contribution in [1.82, 2.24) is 14.4 Å². The Morgan fingerprint density at radius 1 is 1.04 bits per heavy atom. The van der Waals surface area contributed by atoms with Crippen molar-refractivity contribution in [3.63, 3.8) is 0 Å². The monoisotopic (exact) mass is 362 g/mol. The number of hydrogen-bond acceptors (Lipinski definition) is 5. The first-order valence-corrected chi connectivity index (χ1v) is 9.38. The van der Waals surface area contributed by atoms with Gasteiger partial charge in [0, 0.05) is 28.5 Å². The summed E-state index contributed by atoms with van der Waals surface area (Å²) in [5.74, 6) is 1.73. The predicted molar refractivity (Wildman–Crippen MR) is 106 cm³/mol. The van der Waals surface area contributed by atoms with E-state index < -0.39 is 0 Å². The Bertz CT molecular complexity index is 1030. The van der Waals surface area contributed by atoms with Gasteiger partial charge in [0.05, 0.1) is 13.3 Å². The maximum Gasteiger partial charge on any atom is 0.157 e. The largest absolute Gasteiger partial charge is 0.497 e. The summed E-state index contributed by atoms with van der Waals surface area (Å²) in [5.41, 5.74) is 3.71. The first-order chi connectivity index (χ1) is 12.8. The van der Waals surface area contributed by atoms with E-state index in [9.17, 15) is 0 Å². The van der Waals surface area contributed by atoms with Gasteiger partial charge in [0.2, 0.25) is 0 Å². The van der Waals surface area contributed by atoms with Gasteiger partial charge in [-0.05, 0) is 42.7 Å². The number of hydrogen-bond donors (Lipinski definition) is 1. The van der Waals surface area contributed by atoms with Crippen molar-refractivity contribution in [1.29, 1.82) is 0 Å². The van der Waals surface area contributed by atoms with E-state index in [0.717, 1.165) is 34.2 Å². The average Bonchev–Trinajstić information content (AvgIpc) is 3.07. The highest BCUT2D eigenvalue weighted by Crippen LogP contribution is 2.32. The van der Waals surface area contributed by atoms with Crippen LogP contribution in [0, 0.1) is 0 Å². The van der Waals surface area contributed by atoms with Crippen LogP contribution in [0.25, 0.3) is 16.9 Å². The molecule has 0 amide bonds. The van der Waals surface area contributed by atoms with Crippen LogP contribution in [0.15, 0.2) is 72.0 Å². The van der Waals surface area contributed by atoms with Crippen LogP contribution in [0.4, 0.5) is 11.5 Å². The number of nitrogens with zero attached hydrogens (tertiary/aromatic N) is 3. The topological polar surface area (TPSA) is 51.5 Å². The van der Waals surface area contributed by atoms with E-state index in [0.29, 0.717) is 0 Å². The Morgan fingerprint density at radius 2 is 1.81 bits per heavy atom. The van der Waals surface area contributed by atoms with Gasteiger partial charge < -0.3 is 10.1 Å². The van der Waals surface area contributed by atoms with Crippen LogP contribution in [0.2, 0.25) is 0 Å². The predicted octanol–water partition coefficient (Wildman–Crippen LogP) is 4.87. The van der Waals surface area contributed by atoms with Gasteiger partial charge in [-0.25, -0.2) is 4.98 Å². The second-order valence-corrected chi connectivity index (χ2v) is 6.58. The smallest absolute Gasteiger partial charge is 0.157 e. The molecule has 0 aliphatic carbocycles. The highest BCUT2D eigenvalue weighted by molar-refractivity contribution is 7.98. The third-order valence-electron chi connectivity index (χ3n) is 4.15. The average molecular weight is 362 g/mol. The summed E-state index contributed by atoms with van der Waals surface area (Å²) in [6.45, 7) is 0. The van der Waals surface area contributed by atoms with E-state index >= 15 is 0 Å². The molecule has 0 fully saturated rings. The molecule has 5 nitrogen and oxygen atoms in total. The van der Waals surface area contributed by atoms with E-state index in [1.807, 2.05) is 34.9 Å². The molecule has 6 heteroatoms. The van der Waals surface area contributed by atoms with Crippen molar-refractivity contribution < 1.29 is 4.74 Å². The zero-order valence-electron chi connectivity index (χ0n) is 14.5. The van der Waals surface area contributed by atoms with Crippen LogP contribution in [-0.2, 0) is 0 Å². The molecule has 0 bridgehead atoms. The molecule has 0 saturated carbocycles. The summed E-state index contributed by atoms with van der Waals surface area (Å²) in [5, 5.41) is 3.49. The van der Waals surface area contributed by atoms with Crippen molar-refractivity contribution in [2.45, 2.75) is 4.90 Å². The number of anilines is 2. The number of nitrogens with one attached hydrogen (secondary N) is 1. The molecule has 0 atom stereocenters. The number of imidazole rings is 1. The van der Waals surface area contributed by atoms with Gasteiger partial charge in [0.1, 0.15) is 17.3 Å². The Hall–Kier alpha value is -2.99. The van der Waals surface area contributed by atoms with Crippen molar-refractivity contribution in [2.24, 2.45) is 0 Å². The number of aromatic nitrogens is 3. The molecule has 2 heterocycles.